The topological polar surface area (TPSA) is 9.23 Å². The second-order valence-corrected chi connectivity index (χ2v) is 4.74. The van der Waals surface area contributed by atoms with Gasteiger partial charge in [0.05, 0.1) is 0 Å². The molecule has 3 heteroatoms. The van der Waals surface area contributed by atoms with Crippen LogP contribution in [0.5, 0.6) is 0 Å². The largest absolute Gasteiger partial charge is 0.416 e. The first-order valence-electron chi connectivity index (χ1n) is 4.65. The van der Waals surface area contributed by atoms with Gasteiger partial charge in [0, 0.05) is 21.2 Å². The summed E-state index contributed by atoms with van der Waals surface area (Å²) in [6.07, 6.45) is 11.1. The molecule has 0 unspecified atom stereocenters. The molecule has 0 N–H and O–H groups in total. The Morgan fingerprint density at radius 2 is 2.08 bits per heavy atom. The molecule has 0 aromatic carbocycles. The molecule has 0 aromatic heterocycles. The normalized spacial score (nSPS) is 19.2. The molecule has 1 fully saturated rings. The lowest BCUT2D eigenvalue weighted by Gasteiger charge is -2.17. The first-order chi connectivity index (χ1) is 6.33. The predicted molar refractivity (Wildman–Crippen MR) is 67.6 cm³/mol. The van der Waals surface area contributed by atoms with Crippen molar-refractivity contribution in [3.05, 3.63) is 24.5 Å². The van der Waals surface area contributed by atoms with Crippen LogP contribution in [-0.2, 0) is 4.18 Å². The van der Waals surface area contributed by atoms with Crippen molar-refractivity contribution in [3.63, 3.8) is 0 Å². The van der Waals surface area contributed by atoms with Crippen molar-refractivity contribution in [1.82, 2.24) is 0 Å². The lowest BCUT2D eigenvalue weighted by Crippen LogP contribution is -2.02. The smallest absolute Gasteiger partial charge is 0.131 e. The van der Waals surface area contributed by atoms with Crippen molar-refractivity contribution in [2.75, 3.05) is 0 Å². The van der Waals surface area contributed by atoms with Crippen LogP contribution in [-0.4, -0.2) is 0 Å². The quantitative estimate of drug-likeness (QED) is 0.323. The molecule has 1 nitrogen and oxygen atoms in total. The van der Waals surface area contributed by atoms with E-state index in [2.05, 4.69) is 33.9 Å². The molecule has 1 rings (SSSR count). The minimum Gasteiger partial charge on any atom is -0.416 e. The lowest BCUT2D eigenvalue weighted by molar-refractivity contribution is 0.418. The zero-order chi connectivity index (χ0) is 9.52. The number of hydrogen-bond acceptors (Lipinski definition) is 2. The average Bonchev–Trinajstić information content (AvgIpc) is 2.17. The van der Waals surface area contributed by atoms with E-state index >= 15 is 0 Å². The Bertz CT molecular complexity index is 185. The van der Waals surface area contributed by atoms with Gasteiger partial charge >= 0.3 is 0 Å². The van der Waals surface area contributed by atoms with Crippen LogP contribution in [0.15, 0.2) is 24.5 Å². The number of halogens is 1. The van der Waals surface area contributed by atoms with E-state index in [0.717, 1.165) is 11.7 Å². The van der Waals surface area contributed by atoms with E-state index in [9.17, 15) is 0 Å². The third-order valence-electron chi connectivity index (χ3n) is 2.34. The highest BCUT2D eigenvalue weighted by molar-refractivity contribution is 14.2. The van der Waals surface area contributed by atoms with Gasteiger partial charge in [-0.25, -0.2) is 0 Å². The fourth-order valence-corrected chi connectivity index (χ4v) is 2.47. The van der Waals surface area contributed by atoms with Gasteiger partial charge in [-0.3, -0.25) is 0 Å². The fourth-order valence-electron chi connectivity index (χ4n) is 1.64. The molecule has 0 amide bonds. The molecule has 13 heavy (non-hydrogen) atoms. The molecule has 0 heterocycles. The Hall–Kier alpha value is 0.360. The first kappa shape index (κ1) is 11.4. The molecular weight excluding hydrogens is 295 g/mol. The highest BCUT2D eigenvalue weighted by atomic mass is 127. The summed E-state index contributed by atoms with van der Waals surface area (Å²) < 4.78 is 5.15. The minimum atomic E-state index is 0.755. The van der Waals surface area contributed by atoms with Crippen molar-refractivity contribution >= 4 is 30.4 Å². The summed E-state index contributed by atoms with van der Waals surface area (Å²) in [5, 5.41) is 0. The Labute approximate surface area is 96.8 Å². The third-order valence-corrected chi connectivity index (χ3v) is 3.16. The number of rotatable bonds is 4. The average molecular weight is 310 g/mol. The molecule has 1 saturated carbocycles. The van der Waals surface area contributed by atoms with Crippen molar-refractivity contribution in [3.8, 4) is 0 Å². The standard InChI is InChI=1S/C10H15IOS/c1-9(12-13-11)7-8-10-5-3-2-4-6-10/h7-8,10H,1-6H2/b8-7+. The number of allylic oxidation sites excluding steroid dienone is 2. The van der Waals surface area contributed by atoms with E-state index in [-0.39, 0.29) is 0 Å². The second kappa shape index (κ2) is 6.76. The van der Waals surface area contributed by atoms with Gasteiger partial charge in [-0.05, 0) is 24.8 Å². The third kappa shape index (κ3) is 4.96. The molecular formula is C10H15IOS. The van der Waals surface area contributed by atoms with Gasteiger partial charge in [-0.2, -0.15) is 0 Å². The zero-order valence-electron chi connectivity index (χ0n) is 7.67. The minimum absolute atomic E-state index is 0.755. The lowest BCUT2D eigenvalue weighted by atomic mass is 9.89. The van der Waals surface area contributed by atoms with Crippen molar-refractivity contribution in [2.45, 2.75) is 32.1 Å². The van der Waals surface area contributed by atoms with Crippen LogP contribution in [0.4, 0.5) is 0 Å². The van der Waals surface area contributed by atoms with Crippen LogP contribution in [0, 0.1) is 5.92 Å². The van der Waals surface area contributed by atoms with Crippen LogP contribution in [0.25, 0.3) is 0 Å². The maximum absolute atomic E-state index is 5.15. The summed E-state index contributed by atoms with van der Waals surface area (Å²) in [4.78, 5) is 0. The van der Waals surface area contributed by atoms with Gasteiger partial charge in [-0.15, -0.1) is 0 Å². The molecule has 0 bridgehead atoms. The van der Waals surface area contributed by atoms with E-state index in [4.69, 9.17) is 4.18 Å². The summed E-state index contributed by atoms with van der Waals surface area (Å²) in [6, 6.07) is 0. The number of hydrogen-bond donors (Lipinski definition) is 0. The van der Waals surface area contributed by atoms with Crippen LogP contribution >= 0.6 is 30.4 Å². The molecule has 74 valence electrons. The van der Waals surface area contributed by atoms with Gasteiger partial charge in [0.25, 0.3) is 0 Å². The molecule has 0 saturated heterocycles. The molecule has 0 aromatic rings. The van der Waals surface area contributed by atoms with Gasteiger partial charge in [0.2, 0.25) is 0 Å². The van der Waals surface area contributed by atoms with Crippen molar-refractivity contribution in [2.24, 2.45) is 5.92 Å². The predicted octanol–water partition coefficient (Wildman–Crippen LogP) is 4.65. The molecule has 0 radical (unpaired) electrons. The van der Waals surface area contributed by atoms with Crippen molar-refractivity contribution in [1.29, 1.82) is 0 Å². The van der Waals surface area contributed by atoms with E-state index in [1.165, 1.54) is 41.3 Å². The Morgan fingerprint density at radius 1 is 1.38 bits per heavy atom. The van der Waals surface area contributed by atoms with Gasteiger partial charge in [-0.1, -0.05) is 31.9 Å². The first-order valence-corrected chi connectivity index (χ1v) is 7.93. The van der Waals surface area contributed by atoms with Gasteiger partial charge < -0.3 is 4.18 Å². The van der Waals surface area contributed by atoms with E-state index in [1.54, 1.807) is 0 Å². The highest BCUT2D eigenvalue weighted by Crippen LogP contribution is 2.25. The van der Waals surface area contributed by atoms with E-state index in [0.29, 0.717) is 0 Å². The van der Waals surface area contributed by atoms with Crippen LogP contribution in [0.1, 0.15) is 32.1 Å². The molecule has 0 atom stereocenters. The van der Waals surface area contributed by atoms with Crippen LogP contribution < -0.4 is 0 Å². The Morgan fingerprint density at radius 3 is 2.69 bits per heavy atom. The van der Waals surface area contributed by atoms with Gasteiger partial charge in [0.1, 0.15) is 15.0 Å². The molecule has 0 aliphatic heterocycles. The summed E-state index contributed by atoms with van der Waals surface area (Å²) in [6.45, 7) is 3.79. The Kier molecular flexibility index (Phi) is 5.95. The maximum Gasteiger partial charge on any atom is 0.131 e. The maximum atomic E-state index is 5.15. The van der Waals surface area contributed by atoms with Gasteiger partial charge in [0.15, 0.2) is 0 Å². The SMILES string of the molecule is C=C(/C=C/C1CCCCC1)OSI. The monoisotopic (exact) mass is 310 g/mol. The molecule has 0 spiro atoms. The molecule has 1 aliphatic carbocycles. The second-order valence-electron chi connectivity index (χ2n) is 3.37. The summed E-state index contributed by atoms with van der Waals surface area (Å²) in [5.41, 5.74) is 0. The van der Waals surface area contributed by atoms with E-state index < -0.39 is 0 Å². The Balaban J connectivity index is 2.24. The fraction of sp³-hybridized carbons (Fsp3) is 0.600. The van der Waals surface area contributed by atoms with Crippen LogP contribution in [0.2, 0.25) is 0 Å². The van der Waals surface area contributed by atoms with Crippen LogP contribution in [0.3, 0.4) is 0 Å². The molecule has 1 aliphatic rings. The summed E-state index contributed by atoms with van der Waals surface area (Å²) in [5.74, 6) is 1.51. The summed E-state index contributed by atoms with van der Waals surface area (Å²) >= 11 is 2.10. The summed E-state index contributed by atoms with van der Waals surface area (Å²) in [7, 11) is 1.32. The van der Waals surface area contributed by atoms with E-state index in [1.807, 2.05) is 6.08 Å². The van der Waals surface area contributed by atoms with Crippen molar-refractivity contribution < 1.29 is 4.18 Å². The highest BCUT2D eigenvalue weighted by Gasteiger charge is 2.09. The zero-order valence-corrected chi connectivity index (χ0v) is 10.6.